The van der Waals surface area contributed by atoms with E-state index in [0.29, 0.717) is 5.75 Å². The number of halogens is 1. The molecule has 1 N–H and O–H groups in total. The number of hydrogen-bond donors (Lipinski definition) is 1. The first-order valence-corrected chi connectivity index (χ1v) is 7.34. The molecule has 0 unspecified atom stereocenters. The van der Waals surface area contributed by atoms with E-state index in [4.69, 9.17) is 0 Å². The minimum atomic E-state index is 0.310. The molecule has 0 atom stereocenters. The van der Waals surface area contributed by atoms with E-state index in [9.17, 15) is 5.11 Å². The first-order valence-electron chi connectivity index (χ1n) is 5.44. The van der Waals surface area contributed by atoms with Crippen LogP contribution in [0.5, 0.6) is 5.75 Å². The van der Waals surface area contributed by atoms with E-state index in [1.54, 1.807) is 23.9 Å². The largest absolute Gasteiger partial charge is 0.508 e. The molecule has 0 bridgehead atoms. The molecule has 0 aliphatic rings. The second-order valence-corrected chi connectivity index (χ2v) is 6.01. The standard InChI is InChI=1S/C14H13IOS/c1-2-10-3-6-13(9-14(10)15)17-12-7-4-11(16)5-8-12/h3-9,16H,2H2,1H3. The summed E-state index contributed by atoms with van der Waals surface area (Å²) >= 11 is 4.09. The average Bonchev–Trinajstić information content (AvgIpc) is 2.32. The van der Waals surface area contributed by atoms with E-state index in [1.165, 1.54) is 14.0 Å². The van der Waals surface area contributed by atoms with Crippen LogP contribution in [0.15, 0.2) is 52.3 Å². The van der Waals surface area contributed by atoms with Crippen LogP contribution < -0.4 is 0 Å². The third kappa shape index (κ3) is 3.39. The second-order valence-electron chi connectivity index (χ2n) is 3.70. The van der Waals surface area contributed by atoms with Crippen LogP contribution in [0.25, 0.3) is 0 Å². The van der Waals surface area contributed by atoms with Gasteiger partial charge in [0, 0.05) is 13.4 Å². The van der Waals surface area contributed by atoms with Crippen molar-refractivity contribution in [2.75, 3.05) is 0 Å². The SMILES string of the molecule is CCc1ccc(Sc2ccc(O)cc2)cc1I. The van der Waals surface area contributed by atoms with Gasteiger partial charge in [-0.15, -0.1) is 0 Å². The minimum Gasteiger partial charge on any atom is -0.508 e. The molecule has 1 nitrogen and oxygen atoms in total. The highest BCUT2D eigenvalue weighted by molar-refractivity contribution is 14.1. The zero-order valence-electron chi connectivity index (χ0n) is 9.48. The van der Waals surface area contributed by atoms with Gasteiger partial charge in [-0.2, -0.15) is 0 Å². The van der Waals surface area contributed by atoms with Gasteiger partial charge in [0.15, 0.2) is 0 Å². The summed E-state index contributed by atoms with van der Waals surface area (Å²) in [5, 5.41) is 9.22. The lowest BCUT2D eigenvalue weighted by Gasteiger charge is -2.05. The molecule has 0 radical (unpaired) electrons. The molecule has 0 saturated carbocycles. The maximum absolute atomic E-state index is 9.22. The molecule has 17 heavy (non-hydrogen) atoms. The van der Waals surface area contributed by atoms with Crippen molar-refractivity contribution in [3.05, 3.63) is 51.6 Å². The summed E-state index contributed by atoms with van der Waals surface area (Å²) in [4.78, 5) is 2.38. The van der Waals surface area contributed by atoms with Gasteiger partial charge in [0.25, 0.3) is 0 Å². The summed E-state index contributed by atoms with van der Waals surface area (Å²) in [6.07, 6.45) is 1.07. The molecule has 0 aromatic heterocycles. The second kappa shape index (κ2) is 5.78. The Morgan fingerprint density at radius 2 is 1.71 bits per heavy atom. The van der Waals surface area contributed by atoms with Gasteiger partial charge in [-0.1, -0.05) is 24.8 Å². The monoisotopic (exact) mass is 356 g/mol. The number of phenols is 1. The Kier molecular flexibility index (Phi) is 4.34. The highest BCUT2D eigenvalue weighted by Gasteiger charge is 2.02. The van der Waals surface area contributed by atoms with E-state index < -0.39 is 0 Å². The van der Waals surface area contributed by atoms with Crippen LogP contribution in [-0.2, 0) is 6.42 Å². The third-order valence-electron chi connectivity index (χ3n) is 2.48. The summed E-state index contributed by atoms with van der Waals surface area (Å²) in [6, 6.07) is 13.8. The quantitative estimate of drug-likeness (QED) is 0.804. The normalized spacial score (nSPS) is 10.5. The summed E-state index contributed by atoms with van der Waals surface area (Å²) in [5.41, 5.74) is 1.39. The zero-order chi connectivity index (χ0) is 12.3. The summed E-state index contributed by atoms with van der Waals surface area (Å²) in [5.74, 6) is 0.310. The summed E-state index contributed by atoms with van der Waals surface area (Å²) < 4.78 is 1.31. The van der Waals surface area contributed by atoms with Crippen LogP contribution in [-0.4, -0.2) is 5.11 Å². The lowest BCUT2D eigenvalue weighted by atomic mass is 10.2. The van der Waals surface area contributed by atoms with Crippen molar-refractivity contribution < 1.29 is 5.11 Å². The number of aromatic hydroxyl groups is 1. The van der Waals surface area contributed by atoms with E-state index in [0.717, 1.165) is 11.3 Å². The summed E-state index contributed by atoms with van der Waals surface area (Å²) in [7, 11) is 0. The Morgan fingerprint density at radius 1 is 1.06 bits per heavy atom. The van der Waals surface area contributed by atoms with Gasteiger partial charge >= 0.3 is 0 Å². The molecule has 2 rings (SSSR count). The van der Waals surface area contributed by atoms with Crippen molar-refractivity contribution in [3.8, 4) is 5.75 Å². The van der Waals surface area contributed by atoms with Crippen LogP contribution in [0.2, 0.25) is 0 Å². The van der Waals surface area contributed by atoms with Crippen LogP contribution in [0.1, 0.15) is 12.5 Å². The predicted molar refractivity (Wildman–Crippen MR) is 80.8 cm³/mol. The maximum atomic E-state index is 9.22. The molecule has 0 amide bonds. The Morgan fingerprint density at radius 3 is 2.29 bits per heavy atom. The maximum Gasteiger partial charge on any atom is 0.115 e. The van der Waals surface area contributed by atoms with Crippen molar-refractivity contribution in [2.45, 2.75) is 23.1 Å². The highest BCUT2D eigenvalue weighted by atomic mass is 127. The van der Waals surface area contributed by atoms with Crippen LogP contribution in [0, 0.1) is 3.57 Å². The molecule has 0 spiro atoms. The zero-order valence-corrected chi connectivity index (χ0v) is 12.5. The van der Waals surface area contributed by atoms with E-state index in [1.807, 2.05) is 12.1 Å². The van der Waals surface area contributed by atoms with E-state index in [2.05, 4.69) is 47.7 Å². The molecule has 0 fully saturated rings. The van der Waals surface area contributed by atoms with Crippen molar-refractivity contribution in [2.24, 2.45) is 0 Å². The molecule has 3 heteroatoms. The van der Waals surface area contributed by atoms with Gasteiger partial charge in [-0.25, -0.2) is 0 Å². The smallest absolute Gasteiger partial charge is 0.115 e. The topological polar surface area (TPSA) is 20.2 Å². The molecule has 0 aliphatic heterocycles. The van der Waals surface area contributed by atoms with Crippen molar-refractivity contribution in [1.29, 1.82) is 0 Å². The number of hydrogen-bond acceptors (Lipinski definition) is 2. The van der Waals surface area contributed by atoms with Gasteiger partial charge in [-0.05, 0) is 71.0 Å². The van der Waals surface area contributed by atoms with Gasteiger partial charge < -0.3 is 5.11 Å². The van der Waals surface area contributed by atoms with Crippen molar-refractivity contribution in [3.63, 3.8) is 0 Å². The van der Waals surface area contributed by atoms with Crippen LogP contribution in [0.3, 0.4) is 0 Å². The summed E-state index contributed by atoms with van der Waals surface area (Å²) in [6.45, 7) is 2.17. The number of phenolic OH excluding ortho intramolecular Hbond substituents is 1. The minimum absolute atomic E-state index is 0.310. The van der Waals surface area contributed by atoms with Crippen LogP contribution in [0.4, 0.5) is 0 Å². The van der Waals surface area contributed by atoms with Crippen LogP contribution >= 0.6 is 34.4 Å². The Balaban J connectivity index is 2.19. The lowest BCUT2D eigenvalue weighted by Crippen LogP contribution is -1.85. The van der Waals surface area contributed by atoms with E-state index >= 15 is 0 Å². The van der Waals surface area contributed by atoms with E-state index in [-0.39, 0.29) is 0 Å². The number of rotatable bonds is 3. The van der Waals surface area contributed by atoms with Gasteiger partial charge in [-0.3, -0.25) is 0 Å². The first kappa shape index (κ1) is 12.8. The Bertz CT molecular complexity index is 508. The fourth-order valence-corrected chi connectivity index (χ4v) is 3.49. The molecule has 0 heterocycles. The Hall–Kier alpha value is -0.680. The molecule has 2 aromatic carbocycles. The average molecular weight is 356 g/mol. The van der Waals surface area contributed by atoms with Crippen molar-refractivity contribution in [1.82, 2.24) is 0 Å². The number of aryl methyl sites for hydroxylation is 1. The molecular weight excluding hydrogens is 343 g/mol. The first-order chi connectivity index (χ1) is 8.19. The number of benzene rings is 2. The molecule has 88 valence electrons. The van der Waals surface area contributed by atoms with Gasteiger partial charge in [0.2, 0.25) is 0 Å². The lowest BCUT2D eigenvalue weighted by molar-refractivity contribution is 0.475. The van der Waals surface area contributed by atoms with Gasteiger partial charge in [0.1, 0.15) is 5.75 Å². The predicted octanol–water partition coefficient (Wildman–Crippen LogP) is 4.71. The fourth-order valence-electron chi connectivity index (χ4n) is 1.53. The third-order valence-corrected chi connectivity index (χ3v) is 4.48. The molecular formula is C14H13IOS. The molecule has 0 saturated heterocycles. The van der Waals surface area contributed by atoms with Gasteiger partial charge in [0.05, 0.1) is 0 Å². The molecule has 2 aromatic rings. The van der Waals surface area contributed by atoms with Crippen molar-refractivity contribution >= 4 is 34.4 Å². The highest BCUT2D eigenvalue weighted by Crippen LogP contribution is 2.30. The molecule has 0 aliphatic carbocycles. The Labute approximate surface area is 119 Å². The fraction of sp³-hybridized carbons (Fsp3) is 0.143.